The normalized spacial score (nSPS) is 28.6. The van der Waals surface area contributed by atoms with E-state index >= 15 is 0 Å². The van der Waals surface area contributed by atoms with Crippen molar-refractivity contribution in [3.05, 3.63) is 58.2 Å². The summed E-state index contributed by atoms with van der Waals surface area (Å²) in [5.74, 6) is -0.573. The summed E-state index contributed by atoms with van der Waals surface area (Å²) in [5.41, 5.74) is 6.86. The Hall–Kier alpha value is -2.35. The molecule has 4 rings (SSSR count). The highest BCUT2D eigenvalue weighted by molar-refractivity contribution is 6.36. The van der Waals surface area contributed by atoms with E-state index < -0.39 is 43.7 Å². The van der Waals surface area contributed by atoms with Gasteiger partial charge in [-0.05, 0) is 50.9 Å². The third kappa shape index (κ3) is 4.24. The lowest BCUT2D eigenvalue weighted by atomic mass is 10.1. The van der Waals surface area contributed by atoms with E-state index in [0.29, 0.717) is 11.1 Å². The molecule has 9 heteroatoms. The number of halogens is 3. The van der Waals surface area contributed by atoms with Crippen molar-refractivity contribution in [1.82, 2.24) is 20.1 Å². The molecule has 1 aromatic carbocycles. The average molecular weight is 457 g/mol. The van der Waals surface area contributed by atoms with Gasteiger partial charge >= 0.3 is 0 Å². The van der Waals surface area contributed by atoms with Gasteiger partial charge in [0, 0.05) is 42.3 Å². The molecule has 0 aliphatic carbocycles. The van der Waals surface area contributed by atoms with Crippen molar-refractivity contribution in [1.29, 1.82) is 0 Å². The van der Waals surface area contributed by atoms with Crippen LogP contribution in [-0.4, -0.2) is 27.8 Å². The molecule has 1 fully saturated rings. The number of nitrogens with one attached hydrogen (secondary N) is 1. The van der Waals surface area contributed by atoms with Crippen LogP contribution in [0.3, 0.4) is 0 Å². The summed E-state index contributed by atoms with van der Waals surface area (Å²) in [5, 5.41) is 6.21. The number of ether oxygens (including phenoxy) is 1. The highest BCUT2D eigenvalue weighted by atomic mass is 35.5. The van der Waals surface area contributed by atoms with Crippen LogP contribution < -0.4 is 15.8 Å². The fraction of sp³-hybridized carbons (Fsp3) is 0.333. The summed E-state index contributed by atoms with van der Waals surface area (Å²) in [6, 6.07) is 1.21. The first-order chi connectivity index (χ1) is 17.0. The van der Waals surface area contributed by atoms with Crippen molar-refractivity contribution in [3.63, 3.8) is 0 Å². The fourth-order valence-electron chi connectivity index (χ4n) is 2.92. The zero-order valence-corrected chi connectivity index (χ0v) is 17.2. The van der Waals surface area contributed by atoms with E-state index in [-0.39, 0.29) is 27.2 Å². The van der Waals surface area contributed by atoms with Crippen LogP contribution >= 0.6 is 23.2 Å². The number of rotatable bonds is 5. The largest absolute Gasteiger partial charge is 0.482 e. The number of anilines is 1. The Kier molecular flexibility index (Phi) is 4.06. The minimum atomic E-state index is -3.02. The first-order valence-corrected chi connectivity index (χ1v) is 9.65. The Labute approximate surface area is 194 Å². The molecule has 158 valence electrons. The molecule has 30 heavy (non-hydrogen) atoms. The predicted octanol–water partition coefficient (Wildman–Crippen LogP) is 5.04. The molecule has 3 heterocycles. The maximum atomic E-state index is 14.0. The third-order valence-electron chi connectivity index (χ3n) is 4.43. The summed E-state index contributed by atoms with van der Waals surface area (Å²) in [7, 11) is 0. The minimum Gasteiger partial charge on any atom is -0.482 e. The number of nitrogens with zero attached hydrogens (tertiary/aromatic N) is 3. The minimum absolute atomic E-state index is 0.00261. The SMILES string of the molecule is [2H]C1([2H])CNC([2H])([2H])C([2H])([2H])C1([2H])n1cc(-c2cnc(N)c(O[C@H](C)c3c(Cl)ccc(F)c3Cl)c2)cn1. The number of nitrogen functional groups attached to an aromatic ring is 1. The molecular formula is C21H22Cl2FN5O. The topological polar surface area (TPSA) is 78.0 Å². The fourth-order valence-corrected chi connectivity index (χ4v) is 3.60. The number of hydrogen-bond donors (Lipinski definition) is 2. The molecule has 1 aliphatic heterocycles. The van der Waals surface area contributed by atoms with Gasteiger partial charge in [-0.15, -0.1) is 0 Å². The highest BCUT2D eigenvalue weighted by Crippen LogP contribution is 2.37. The van der Waals surface area contributed by atoms with Gasteiger partial charge in [0.25, 0.3) is 0 Å². The van der Waals surface area contributed by atoms with Crippen LogP contribution in [0, 0.1) is 5.82 Å². The zero-order chi connectivity index (χ0) is 27.6. The van der Waals surface area contributed by atoms with E-state index in [9.17, 15) is 4.39 Å². The van der Waals surface area contributed by atoms with Crippen LogP contribution in [0.1, 0.15) is 47.0 Å². The lowest BCUT2D eigenvalue weighted by Crippen LogP contribution is -2.29. The van der Waals surface area contributed by atoms with Gasteiger partial charge in [-0.1, -0.05) is 23.2 Å². The molecule has 6 nitrogen and oxygen atoms in total. The number of hydrogen-bond acceptors (Lipinski definition) is 5. The van der Waals surface area contributed by atoms with Gasteiger partial charge in [0.05, 0.1) is 18.6 Å². The molecule has 3 aromatic rings. The van der Waals surface area contributed by atoms with Crippen LogP contribution in [0.2, 0.25) is 10.0 Å². The summed E-state index contributed by atoms with van der Waals surface area (Å²) in [6.45, 7) is -1.72. The molecule has 0 radical (unpaired) electrons. The van der Waals surface area contributed by atoms with Crippen LogP contribution in [0.25, 0.3) is 11.1 Å². The maximum absolute atomic E-state index is 14.0. The molecule has 3 N–H and O–H groups in total. The van der Waals surface area contributed by atoms with E-state index in [1.807, 2.05) is 0 Å². The lowest BCUT2D eigenvalue weighted by Gasteiger charge is -2.22. The Morgan fingerprint density at radius 1 is 1.37 bits per heavy atom. The van der Waals surface area contributed by atoms with Gasteiger partial charge in [0.1, 0.15) is 11.9 Å². The molecule has 1 saturated heterocycles. The average Bonchev–Trinajstić information content (AvgIpc) is 3.31. The van der Waals surface area contributed by atoms with Crippen molar-refractivity contribution < 1.29 is 18.7 Å². The van der Waals surface area contributed by atoms with Crippen molar-refractivity contribution in [2.45, 2.75) is 31.8 Å². The summed E-state index contributed by atoms with van der Waals surface area (Å²) in [4.78, 5) is 4.09. The van der Waals surface area contributed by atoms with Crippen molar-refractivity contribution in [3.8, 4) is 16.9 Å². The van der Waals surface area contributed by atoms with Crippen molar-refractivity contribution in [2.75, 3.05) is 18.8 Å². The van der Waals surface area contributed by atoms with E-state index in [0.717, 1.165) is 10.7 Å². The van der Waals surface area contributed by atoms with Gasteiger partial charge in [-0.2, -0.15) is 5.10 Å². The van der Waals surface area contributed by atoms with Crippen LogP contribution in [0.15, 0.2) is 36.8 Å². The lowest BCUT2D eigenvalue weighted by molar-refractivity contribution is 0.227. The number of pyridine rings is 1. The predicted molar refractivity (Wildman–Crippen MR) is 116 cm³/mol. The number of benzene rings is 1. The number of piperidine rings is 1. The van der Waals surface area contributed by atoms with Gasteiger partial charge in [0.15, 0.2) is 11.6 Å². The Balaban J connectivity index is 1.70. The molecule has 0 saturated carbocycles. The third-order valence-corrected chi connectivity index (χ3v) is 5.14. The van der Waals surface area contributed by atoms with Crippen LogP contribution in [0.4, 0.5) is 10.2 Å². The molecule has 0 bridgehead atoms. The summed E-state index contributed by atoms with van der Waals surface area (Å²) < 4.78 is 78.6. The highest BCUT2D eigenvalue weighted by Gasteiger charge is 2.21. The molecule has 1 unspecified atom stereocenters. The molecule has 2 aromatic heterocycles. The van der Waals surface area contributed by atoms with Gasteiger partial charge in [-0.25, -0.2) is 9.37 Å². The number of nitrogens with two attached hydrogens (primary N) is 1. The van der Waals surface area contributed by atoms with E-state index in [1.165, 1.54) is 30.7 Å². The van der Waals surface area contributed by atoms with Crippen molar-refractivity contribution in [2.24, 2.45) is 0 Å². The van der Waals surface area contributed by atoms with Crippen LogP contribution in [0.5, 0.6) is 5.75 Å². The Morgan fingerprint density at radius 3 is 3.03 bits per heavy atom. The van der Waals surface area contributed by atoms with Gasteiger partial charge < -0.3 is 15.8 Å². The zero-order valence-electron chi connectivity index (χ0n) is 22.7. The standard InChI is InChI=1S/C21H22Cl2FN5O/c1-12(19-16(22)2-3-17(24)20(19)23)30-18-8-13(9-27-21(18)25)14-10-28-29(11-14)15-4-6-26-7-5-15/h2-3,8-12,15,26H,4-7H2,1H3,(H2,25,27)/t12-/m1/s1/i4D2,5D2,6D2,15D/t12-,15?. The summed E-state index contributed by atoms with van der Waals surface area (Å²) >= 11 is 12.3. The molecule has 2 atom stereocenters. The second-order valence-corrected chi connectivity index (χ2v) is 7.21. The number of aromatic nitrogens is 3. The monoisotopic (exact) mass is 456 g/mol. The molecule has 1 aliphatic rings. The Bertz CT molecular complexity index is 1360. The van der Waals surface area contributed by atoms with Gasteiger partial charge in [0.2, 0.25) is 0 Å². The second kappa shape index (κ2) is 8.79. The second-order valence-electron chi connectivity index (χ2n) is 6.43. The molecular weight excluding hydrogens is 428 g/mol. The first-order valence-electron chi connectivity index (χ1n) is 12.4. The van der Waals surface area contributed by atoms with Crippen molar-refractivity contribution >= 4 is 29.0 Å². The molecule has 0 amide bonds. The maximum Gasteiger partial charge on any atom is 0.166 e. The Morgan fingerprint density at radius 2 is 2.20 bits per heavy atom. The van der Waals surface area contributed by atoms with E-state index in [2.05, 4.69) is 15.4 Å². The van der Waals surface area contributed by atoms with Crippen LogP contribution in [-0.2, 0) is 0 Å². The summed E-state index contributed by atoms with van der Waals surface area (Å²) in [6.07, 6.45) is -2.51. The van der Waals surface area contributed by atoms with Gasteiger partial charge in [-0.3, -0.25) is 4.68 Å². The van der Waals surface area contributed by atoms with E-state index in [4.69, 9.17) is 43.3 Å². The van der Waals surface area contributed by atoms with E-state index in [1.54, 1.807) is 6.92 Å². The molecule has 0 spiro atoms. The quantitative estimate of drug-likeness (QED) is 0.525. The smallest absolute Gasteiger partial charge is 0.166 e. The first kappa shape index (κ1) is 13.9.